The Balaban J connectivity index is 2.36. The highest BCUT2D eigenvalue weighted by molar-refractivity contribution is 5.97. The highest BCUT2D eigenvalue weighted by Crippen LogP contribution is 2.22. The summed E-state index contributed by atoms with van der Waals surface area (Å²) in [4.78, 5) is 25.7. The first kappa shape index (κ1) is 17.8. The number of hydrogen-bond acceptors (Lipinski definition) is 4. The molecule has 0 aliphatic carbocycles. The number of hydrogen-bond donors (Lipinski definition) is 1. The monoisotopic (exact) mass is 332 g/mol. The fourth-order valence-corrected chi connectivity index (χ4v) is 2.75. The molecule has 2 heterocycles. The van der Waals surface area contributed by atoms with Crippen molar-refractivity contribution in [3.05, 3.63) is 34.8 Å². The maximum Gasteiger partial charge on any atom is 0.256 e. The van der Waals surface area contributed by atoms with Crippen molar-refractivity contribution in [2.45, 2.75) is 40.5 Å². The van der Waals surface area contributed by atoms with Gasteiger partial charge in [-0.15, -0.1) is 0 Å². The van der Waals surface area contributed by atoms with Crippen LogP contribution in [0.1, 0.15) is 47.3 Å². The number of nitrogens with two attached hydrogens (primary N) is 1. The number of carbonyl (C=O) groups is 2. The molecule has 0 bridgehead atoms. The molecule has 7 heteroatoms. The van der Waals surface area contributed by atoms with Crippen LogP contribution in [-0.2, 0) is 4.79 Å². The minimum Gasteiger partial charge on any atom is -0.368 e. The molecule has 2 aromatic rings. The molecule has 130 valence electrons. The van der Waals surface area contributed by atoms with E-state index in [1.54, 1.807) is 0 Å². The van der Waals surface area contributed by atoms with E-state index in [0.29, 0.717) is 23.7 Å². The zero-order valence-electron chi connectivity index (χ0n) is 14.6. The largest absolute Gasteiger partial charge is 0.368 e. The molecule has 2 amide bonds. The van der Waals surface area contributed by atoms with Crippen LogP contribution >= 0.6 is 0 Å². The van der Waals surface area contributed by atoms with Gasteiger partial charge in [0.1, 0.15) is 5.76 Å². The topological polar surface area (TPSA) is 94.4 Å². The van der Waals surface area contributed by atoms with Gasteiger partial charge in [0.25, 0.3) is 5.91 Å². The summed E-state index contributed by atoms with van der Waals surface area (Å²) in [5, 5.41) is 4.01. The van der Waals surface area contributed by atoms with Crippen LogP contribution in [-0.4, -0.2) is 39.5 Å². The molecule has 0 spiro atoms. The van der Waals surface area contributed by atoms with Crippen molar-refractivity contribution in [3.63, 3.8) is 0 Å². The predicted octanol–water partition coefficient (Wildman–Crippen LogP) is 2.12. The van der Waals surface area contributed by atoms with Crippen molar-refractivity contribution in [1.82, 2.24) is 14.6 Å². The fraction of sp³-hybridized carbons (Fsp3) is 0.471. The van der Waals surface area contributed by atoms with Crippen LogP contribution in [0.25, 0.3) is 5.82 Å². The first-order chi connectivity index (χ1) is 11.3. The molecule has 0 unspecified atom stereocenters. The van der Waals surface area contributed by atoms with Crippen molar-refractivity contribution in [2.75, 3.05) is 13.1 Å². The van der Waals surface area contributed by atoms with E-state index in [0.717, 1.165) is 24.2 Å². The zero-order valence-corrected chi connectivity index (χ0v) is 14.6. The van der Waals surface area contributed by atoms with Crippen molar-refractivity contribution in [2.24, 2.45) is 5.73 Å². The van der Waals surface area contributed by atoms with E-state index in [1.165, 1.54) is 4.90 Å². The number of rotatable bonds is 7. The van der Waals surface area contributed by atoms with Gasteiger partial charge in [0, 0.05) is 24.0 Å². The molecule has 0 aliphatic heterocycles. The molecular weight excluding hydrogens is 308 g/mol. The fourth-order valence-electron chi connectivity index (χ4n) is 2.75. The molecule has 2 aromatic heterocycles. The molecule has 0 atom stereocenters. The molecule has 0 saturated carbocycles. The molecule has 0 saturated heterocycles. The summed E-state index contributed by atoms with van der Waals surface area (Å²) in [5.41, 5.74) is 7.47. The van der Waals surface area contributed by atoms with E-state index >= 15 is 0 Å². The van der Waals surface area contributed by atoms with Gasteiger partial charge in [0.05, 0.1) is 12.1 Å². The highest BCUT2D eigenvalue weighted by atomic mass is 16.5. The number of aromatic nitrogens is 2. The number of primary amides is 1. The Morgan fingerprint density at radius 2 is 2.00 bits per heavy atom. The quantitative estimate of drug-likeness (QED) is 0.840. The molecule has 7 nitrogen and oxygen atoms in total. The molecular formula is C17H24N4O3. The molecule has 0 radical (unpaired) electrons. The Morgan fingerprint density at radius 1 is 1.29 bits per heavy atom. The van der Waals surface area contributed by atoms with Gasteiger partial charge in [-0.3, -0.25) is 14.2 Å². The van der Waals surface area contributed by atoms with Crippen LogP contribution in [0, 0.1) is 20.8 Å². The second-order valence-electron chi connectivity index (χ2n) is 5.96. The van der Waals surface area contributed by atoms with Crippen LogP contribution in [0.3, 0.4) is 0 Å². The number of aryl methyl sites for hydroxylation is 2. The number of amides is 2. The predicted molar refractivity (Wildman–Crippen MR) is 90.0 cm³/mol. The summed E-state index contributed by atoms with van der Waals surface area (Å²) < 4.78 is 6.99. The van der Waals surface area contributed by atoms with Gasteiger partial charge in [-0.1, -0.05) is 18.5 Å². The first-order valence-corrected chi connectivity index (χ1v) is 8.05. The minimum absolute atomic E-state index is 0.0778. The van der Waals surface area contributed by atoms with E-state index in [2.05, 4.69) is 5.16 Å². The lowest BCUT2D eigenvalue weighted by atomic mass is 10.2. The Kier molecular flexibility index (Phi) is 5.43. The van der Waals surface area contributed by atoms with Gasteiger partial charge in [-0.05, 0) is 33.3 Å². The van der Waals surface area contributed by atoms with E-state index in [9.17, 15) is 9.59 Å². The number of unbranched alkanes of at least 4 members (excludes halogenated alkanes) is 1. The third kappa shape index (κ3) is 3.67. The van der Waals surface area contributed by atoms with Crippen LogP contribution < -0.4 is 5.73 Å². The van der Waals surface area contributed by atoms with Crippen molar-refractivity contribution in [1.29, 1.82) is 0 Å². The SMILES string of the molecule is CCCCN(CC(N)=O)C(=O)c1cc(C)n(-c2cc(C)on2)c1C. The summed E-state index contributed by atoms with van der Waals surface area (Å²) in [5.74, 6) is 0.627. The van der Waals surface area contributed by atoms with E-state index in [-0.39, 0.29) is 12.5 Å². The second kappa shape index (κ2) is 7.33. The van der Waals surface area contributed by atoms with Crippen molar-refractivity contribution < 1.29 is 14.1 Å². The molecule has 2 N–H and O–H groups in total. The van der Waals surface area contributed by atoms with E-state index < -0.39 is 5.91 Å². The van der Waals surface area contributed by atoms with E-state index in [1.807, 2.05) is 44.4 Å². The third-order valence-electron chi connectivity index (χ3n) is 3.92. The van der Waals surface area contributed by atoms with Crippen LogP contribution in [0.2, 0.25) is 0 Å². The Morgan fingerprint density at radius 3 is 2.54 bits per heavy atom. The molecule has 2 rings (SSSR count). The van der Waals surface area contributed by atoms with Gasteiger partial charge >= 0.3 is 0 Å². The zero-order chi connectivity index (χ0) is 17.9. The summed E-state index contributed by atoms with van der Waals surface area (Å²) in [6.45, 7) is 8.03. The lowest BCUT2D eigenvalue weighted by molar-refractivity contribution is -0.118. The van der Waals surface area contributed by atoms with Crippen molar-refractivity contribution >= 4 is 11.8 Å². The summed E-state index contributed by atoms with van der Waals surface area (Å²) in [7, 11) is 0. The van der Waals surface area contributed by atoms with Gasteiger partial charge in [-0.25, -0.2) is 0 Å². The maximum absolute atomic E-state index is 12.9. The van der Waals surface area contributed by atoms with E-state index in [4.69, 9.17) is 10.3 Å². The first-order valence-electron chi connectivity index (χ1n) is 8.05. The van der Waals surface area contributed by atoms with Crippen LogP contribution in [0.4, 0.5) is 0 Å². The van der Waals surface area contributed by atoms with Crippen LogP contribution in [0.5, 0.6) is 0 Å². The van der Waals surface area contributed by atoms with Gasteiger partial charge in [-0.2, -0.15) is 0 Å². The normalized spacial score (nSPS) is 10.8. The lowest BCUT2D eigenvalue weighted by Crippen LogP contribution is -2.39. The summed E-state index contributed by atoms with van der Waals surface area (Å²) in [6, 6.07) is 3.62. The Bertz CT molecular complexity index is 745. The molecule has 0 aromatic carbocycles. The molecule has 0 fully saturated rings. The average molecular weight is 332 g/mol. The molecule has 0 aliphatic rings. The van der Waals surface area contributed by atoms with Gasteiger partial charge in [0.2, 0.25) is 5.91 Å². The van der Waals surface area contributed by atoms with Gasteiger partial charge in [0.15, 0.2) is 5.82 Å². The smallest absolute Gasteiger partial charge is 0.256 e. The number of carbonyl (C=O) groups excluding carboxylic acids is 2. The van der Waals surface area contributed by atoms with Gasteiger partial charge < -0.3 is 15.2 Å². The summed E-state index contributed by atoms with van der Waals surface area (Å²) >= 11 is 0. The Hall–Kier alpha value is -2.57. The highest BCUT2D eigenvalue weighted by Gasteiger charge is 2.23. The average Bonchev–Trinajstić information content (AvgIpc) is 3.05. The van der Waals surface area contributed by atoms with Crippen molar-refractivity contribution in [3.8, 4) is 5.82 Å². The maximum atomic E-state index is 12.9. The third-order valence-corrected chi connectivity index (χ3v) is 3.92. The lowest BCUT2D eigenvalue weighted by Gasteiger charge is -2.21. The number of nitrogens with zero attached hydrogens (tertiary/aromatic N) is 3. The minimum atomic E-state index is -0.514. The second-order valence-corrected chi connectivity index (χ2v) is 5.96. The Labute approximate surface area is 141 Å². The molecule has 24 heavy (non-hydrogen) atoms. The van der Waals surface area contributed by atoms with Crippen LogP contribution in [0.15, 0.2) is 16.7 Å². The standard InChI is InChI=1S/C17H24N4O3/c1-5-6-7-20(10-15(18)22)17(23)14-8-11(2)21(13(14)4)16-9-12(3)24-19-16/h8-9H,5-7,10H2,1-4H3,(H2,18,22). The summed E-state index contributed by atoms with van der Waals surface area (Å²) in [6.07, 6.45) is 1.75.